The van der Waals surface area contributed by atoms with Crippen molar-refractivity contribution >= 4 is 19.2 Å². The molecule has 7 heteroatoms. The largest absolute Gasteiger partial charge is 0.507 e. The number of carbonyl (C=O) groups is 1. The second-order valence-corrected chi connectivity index (χ2v) is 6.92. The number of hydrogen-bond acceptors (Lipinski definition) is 5. The van der Waals surface area contributed by atoms with Crippen molar-refractivity contribution in [3.63, 3.8) is 0 Å². The van der Waals surface area contributed by atoms with E-state index in [-0.39, 0.29) is 11.3 Å². The molecule has 1 saturated heterocycles. The third kappa shape index (κ3) is 3.63. The Bertz CT molecular complexity index is 653. The second-order valence-electron chi connectivity index (χ2n) is 6.92. The zero-order valence-electron chi connectivity index (χ0n) is 14.7. The molecule has 0 radical (unpaired) electrons. The Labute approximate surface area is 142 Å². The summed E-state index contributed by atoms with van der Waals surface area (Å²) >= 11 is 0. The van der Waals surface area contributed by atoms with E-state index in [9.17, 15) is 9.90 Å². The summed E-state index contributed by atoms with van der Waals surface area (Å²) in [5.41, 5.74) is 0.339. The average molecular weight is 333 g/mol. The number of carboxylic acid groups (broad SMARTS) is 1. The molecule has 3 N–H and O–H groups in total. The highest BCUT2D eigenvalue weighted by atomic mass is 16.7. The first kappa shape index (κ1) is 18.5. The van der Waals surface area contributed by atoms with E-state index in [0.29, 0.717) is 12.1 Å². The van der Waals surface area contributed by atoms with Crippen molar-refractivity contribution in [2.45, 2.75) is 38.9 Å². The molecule has 1 aromatic carbocycles. The van der Waals surface area contributed by atoms with E-state index in [0.717, 1.165) is 5.47 Å². The van der Waals surface area contributed by atoms with Crippen LogP contribution in [0.5, 0.6) is 5.75 Å². The normalized spacial score (nSPS) is 19.5. The second kappa shape index (κ2) is 6.59. The van der Waals surface area contributed by atoms with Gasteiger partial charge in [-0.2, -0.15) is 0 Å². The third-order valence-electron chi connectivity index (χ3n) is 4.55. The van der Waals surface area contributed by atoms with Crippen molar-refractivity contribution in [1.29, 1.82) is 0 Å². The number of carboxylic acids is 1. The van der Waals surface area contributed by atoms with Gasteiger partial charge in [0.2, 0.25) is 0 Å². The number of likely N-dealkylation sites (N-methyl/N-ethyl adjacent to an activating group) is 1. The number of phenols is 1. The first-order valence-corrected chi connectivity index (χ1v) is 7.84. The Hall–Kier alpha value is -1.83. The highest BCUT2D eigenvalue weighted by molar-refractivity contribution is 6.56. The van der Waals surface area contributed by atoms with Crippen LogP contribution in [-0.4, -0.2) is 48.1 Å². The molecule has 1 fully saturated rings. The van der Waals surface area contributed by atoms with Gasteiger partial charge in [0, 0.05) is 12.1 Å². The molecule has 0 spiro atoms. The van der Waals surface area contributed by atoms with Crippen LogP contribution in [-0.2, 0) is 9.31 Å². The zero-order valence-corrected chi connectivity index (χ0v) is 14.7. The predicted octanol–water partition coefficient (Wildman–Crippen LogP) is 2.32. The lowest BCUT2D eigenvalue weighted by Crippen LogP contribution is -2.41. The first-order chi connectivity index (χ1) is 11.1. The topological polar surface area (TPSA) is 88.0 Å². The van der Waals surface area contributed by atoms with Crippen molar-refractivity contribution in [2.75, 3.05) is 13.6 Å². The molecule has 1 aliphatic rings. The Morgan fingerprint density at radius 3 is 2.33 bits per heavy atom. The number of benzene rings is 1. The Morgan fingerprint density at radius 1 is 1.25 bits per heavy atom. The average Bonchev–Trinajstić information content (AvgIpc) is 2.68. The molecule has 0 aliphatic carbocycles. The first-order valence-electron chi connectivity index (χ1n) is 7.84. The summed E-state index contributed by atoms with van der Waals surface area (Å²) in [5.74, 6) is -1.04. The molecule has 2 rings (SSSR count). The highest BCUT2D eigenvalue weighted by Gasteiger charge is 2.52. The maximum atomic E-state index is 11.1. The van der Waals surface area contributed by atoms with Crippen molar-refractivity contribution < 1.29 is 24.3 Å². The SMILES string of the molecule is CNCC(=Cc1cc(C(=O)O)ccc1O)B1OC(C)(C)C(C)(C)O1. The molecule has 0 amide bonds. The summed E-state index contributed by atoms with van der Waals surface area (Å²) < 4.78 is 12.1. The minimum atomic E-state index is -1.05. The van der Waals surface area contributed by atoms with Crippen molar-refractivity contribution in [2.24, 2.45) is 0 Å². The van der Waals surface area contributed by atoms with Gasteiger partial charge in [-0.15, -0.1) is 0 Å². The van der Waals surface area contributed by atoms with Crippen LogP contribution in [0.1, 0.15) is 43.6 Å². The Balaban J connectivity index is 2.40. The lowest BCUT2D eigenvalue weighted by molar-refractivity contribution is 0.00578. The molecular formula is C17H24BNO5. The van der Waals surface area contributed by atoms with Gasteiger partial charge >= 0.3 is 13.1 Å². The molecule has 6 nitrogen and oxygen atoms in total. The van der Waals surface area contributed by atoms with E-state index in [4.69, 9.17) is 14.4 Å². The van der Waals surface area contributed by atoms with E-state index < -0.39 is 24.3 Å². The number of phenolic OH excluding ortho intramolecular Hbond substituents is 1. The summed E-state index contributed by atoms with van der Waals surface area (Å²) in [7, 11) is 1.22. The molecule has 0 unspecified atom stereocenters. The lowest BCUT2D eigenvalue weighted by Gasteiger charge is -2.32. The van der Waals surface area contributed by atoms with Crippen LogP contribution in [0.2, 0.25) is 0 Å². The fourth-order valence-corrected chi connectivity index (χ4v) is 2.40. The molecule has 24 heavy (non-hydrogen) atoms. The minimum absolute atomic E-state index is 0.00474. The van der Waals surface area contributed by atoms with Crippen LogP contribution in [0.4, 0.5) is 0 Å². The number of nitrogens with one attached hydrogen (secondary N) is 1. The molecule has 1 aliphatic heterocycles. The fraction of sp³-hybridized carbons (Fsp3) is 0.471. The predicted molar refractivity (Wildman–Crippen MR) is 93.1 cm³/mol. The maximum absolute atomic E-state index is 11.1. The maximum Gasteiger partial charge on any atom is 0.491 e. The molecule has 0 aromatic heterocycles. The van der Waals surface area contributed by atoms with Gasteiger partial charge in [0.1, 0.15) is 5.75 Å². The lowest BCUT2D eigenvalue weighted by atomic mass is 9.77. The zero-order chi connectivity index (χ0) is 18.1. The van der Waals surface area contributed by atoms with Gasteiger partial charge in [-0.1, -0.05) is 6.08 Å². The highest BCUT2D eigenvalue weighted by Crippen LogP contribution is 2.39. The monoisotopic (exact) mass is 333 g/mol. The Morgan fingerprint density at radius 2 is 1.83 bits per heavy atom. The van der Waals surface area contributed by atoms with Crippen LogP contribution in [0.15, 0.2) is 23.7 Å². The van der Waals surface area contributed by atoms with Crippen molar-refractivity contribution in [1.82, 2.24) is 5.32 Å². The van der Waals surface area contributed by atoms with E-state index in [1.807, 2.05) is 27.7 Å². The number of rotatable bonds is 5. The number of aromatic carboxylic acids is 1. The molecule has 0 saturated carbocycles. The number of hydrogen-bond donors (Lipinski definition) is 3. The molecule has 1 aromatic rings. The van der Waals surface area contributed by atoms with Crippen LogP contribution in [0.25, 0.3) is 6.08 Å². The summed E-state index contributed by atoms with van der Waals surface area (Å²) in [5, 5.41) is 22.2. The van der Waals surface area contributed by atoms with E-state index in [1.165, 1.54) is 18.2 Å². The van der Waals surface area contributed by atoms with Gasteiger partial charge in [0.15, 0.2) is 0 Å². The van der Waals surface area contributed by atoms with E-state index >= 15 is 0 Å². The van der Waals surface area contributed by atoms with Crippen LogP contribution < -0.4 is 5.32 Å². The Kier molecular flexibility index (Phi) is 5.08. The standard InChI is InChI=1S/C17H24BNO5/c1-16(2)17(3,4)24-18(23-16)13(10-19-5)9-12-8-11(15(21)22)6-7-14(12)20/h6-9,19-20H,10H2,1-5H3,(H,21,22). The van der Waals surface area contributed by atoms with Crippen molar-refractivity contribution in [3.05, 3.63) is 34.8 Å². The molecule has 130 valence electrons. The van der Waals surface area contributed by atoms with Gasteiger partial charge in [-0.25, -0.2) is 4.79 Å². The van der Waals surface area contributed by atoms with E-state index in [2.05, 4.69) is 5.32 Å². The summed E-state index contributed by atoms with van der Waals surface area (Å²) in [6.45, 7) is 8.34. The summed E-state index contributed by atoms with van der Waals surface area (Å²) in [6.07, 6.45) is 1.71. The van der Waals surface area contributed by atoms with Crippen LogP contribution >= 0.6 is 0 Å². The van der Waals surface area contributed by atoms with Crippen LogP contribution in [0.3, 0.4) is 0 Å². The fourth-order valence-electron chi connectivity index (χ4n) is 2.40. The van der Waals surface area contributed by atoms with Gasteiger partial charge in [-0.05, 0) is 58.4 Å². The van der Waals surface area contributed by atoms with Gasteiger partial charge in [0.25, 0.3) is 0 Å². The van der Waals surface area contributed by atoms with Gasteiger partial charge in [-0.3, -0.25) is 0 Å². The molecule has 0 atom stereocenters. The molecule has 1 heterocycles. The molecular weight excluding hydrogens is 309 g/mol. The molecule has 0 bridgehead atoms. The summed E-state index contributed by atoms with van der Waals surface area (Å²) in [6, 6.07) is 4.16. The smallest absolute Gasteiger partial charge is 0.491 e. The van der Waals surface area contributed by atoms with Gasteiger partial charge < -0.3 is 24.8 Å². The third-order valence-corrected chi connectivity index (χ3v) is 4.55. The summed E-state index contributed by atoms with van der Waals surface area (Å²) in [4.78, 5) is 11.1. The van der Waals surface area contributed by atoms with E-state index in [1.54, 1.807) is 13.1 Å². The van der Waals surface area contributed by atoms with Crippen molar-refractivity contribution in [3.8, 4) is 5.75 Å². The quantitative estimate of drug-likeness (QED) is 0.717. The van der Waals surface area contributed by atoms with Crippen LogP contribution in [0, 0.1) is 0 Å². The minimum Gasteiger partial charge on any atom is -0.507 e. The van der Waals surface area contributed by atoms with Gasteiger partial charge in [0.05, 0.1) is 16.8 Å². The number of aromatic hydroxyl groups is 1.